The zero-order valence-corrected chi connectivity index (χ0v) is 11.9. The van der Waals surface area contributed by atoms with Crippen LogP contribution in [0.2, 0.25) is 0 Å². The molecule has 1 rings (SSSR count). The molecular formula is C15H21F2NO3. The molecule has 0 saturated heterocycles. The summed E-state index contributed by atoms with van der Waals surface area (Å²) in [6.45, 7) is -1.28. The van der Waals surface area contributed by atoms with E-state index in [0.717, 1.165) is 37.8 Å². The van der Waals surface area contributed by atoms with Crippen molar-refractivity contribution in [3.8, 4) is 5.75 Å². The minimum absolute atomic E-state index is 0.159. The summed E-state index contributed by atoms with van der Waals surface area (Å²) in [5.41, 5.74) is 1.00. The predicted octanol–water partition coefficient (Wildman–Crippen LogP) is 3.41. The fourth-order valence-electron chi connectivity index (χ4n) is 1.90. The van der Waals surface area contributed by atoms with Crippen molar-refractivity contribution < 1.29 is 23.4 Å². The molecule has 0 aliphatic rings. The molecule has 0 saturated carbocycles. The number of alkyl halides is 2. The summed E-state index contributed by atoms with van der Waals surface area (Å²) in [6, 6.07) is 6.54. The average molecular weight is 301 g/mol. The summed E-state index contributed by atoms with van der Waals surface area (Å²) >= 11 is 0. The Kier molecular flexibility index (Phi) is 8.35. The molecule has 1 aromatic carbocycles. The Labute approximate surface area is 123 Å². The SMILES string of the molecule is O=C(O)CCCCCCNCc1ccc(OC(F)F)cc1. The molecule has 0 spiro atoms. The van der Waals surface area contributed by atoms with Crippen LogP contribution in [0.5, 0.6) is 5.75 Å². The first-order chi connectivity index (χ1) is 10.1. The Morgan fingerprint density at radius 2 is 1.81 bits per heavy atom. The fraction of sp³-hybridized carbons (Fsp3) is 0.533. The van der Waals surface area contributed by atoms with Crippen LogP contribution in [-0.2, 0) is 11.3 Å². The first kappa shape index (κ1) is 17.4. The highest BCUT2D eigenvalue weighted by molar-refractivity contribution is 5.66. The maximum absolute atomic E-state index is 12.0. The lowest BCUT2D eigenvalue weighted by Crippen LogP contribution is -2.14. The van der Waals surface area contributed by atoms with Gasteiger partial charge in [0.05, 0.1) is 0 Å². The van der Waals surface area contributed by atoms with E-state index in [0.29, 0.717) is 6.54 Å². The summed E-state index contributed by atoms with van der Waals surface area (Å²) in [5.74, 6) is -0.584. The van der Waals surface area contributed by atoms with Gasteiger partial charge in [-0.05, 0) is 37.1 Å². The molecule has 1 aromatic rings. The molecule has 0 aliphatic heterocycles. The number of hydrogen-bond acceptors (Lipinski definition) is 3. The van der Waals surface area contributed by atoms with E-state index >= 15 is 0 Å². The molecule has 0 radical (unpaired) electrons. The van der Waals surface area contributed by atoms with Crippen molar-refractivity contribution in [2.75, 3.05) is 6.54 Å². The standard InChI is InChI=1S/C15H21F2NO3/c16-15(17)21-13-8-6-12(7-9-13)11-18-10-4-2-1-3-5-14(19)20/h6-9,15,18H,1-5,10-11H2,(H,19,20). The van der Waals surface area contributed by atoms with Gasteiger partial charge in [-0.15, -0.1) is 0 Å². The maximum Gasteiger partial charge on any atom is 0.387 e. The van der Waals surface area contributed by atoms with Gasteiger partial charge in [0.25, 0.3) is 0 Å². The minimum Gasteiger partial charge on any atom is -0.481 e. The highest BCUT2D eigenvalue weighted by atomic mass is 19.3. The molecule has 0 heterocycles. The van der Waals surface area contributed by atoms with Gasteiger partial charge >= 0.3 is 12.6 Å². The quantitative estimate of drug-likeness (QED) is 0.615. The average Bonchev–Trinajstić information content (AvgIpc) is 2.42. The van der Waals surface area contributed by atoms with E-state index in [1.54, 1.807) is 12.1 Å². The van der Waals surface area contributed by atoms with Gasteiger partial charge in [0.2, 0.25) is 0 Å². The molecule has 0 atom stereocenters. The van der Waals surface area contributed by atoms with Gasteiger partial charge in [0, 0.05) is 13.0 Å². The predicted molar refractivity (Wildman–Crippen MR) is 75.5 cm³/mol. The molecule has 0 bridgehead atoms. The van der Waals surface area contributed by atoms with Gasteiger partial charge in [-0.1, -0.05) is 25.0 Å². The van der Waals surface area contributed by atoms with Gasteiger partial charge in [0.15, 0.2) is 0 Å². The van der Waals surface area contributed by atoms with Crippen LogP contribution in [0.1, 0.15) is 37.7 Å². The summed E-state index contributed by atoms with van der Waals surface area (Å²) in [5, 5.41) is 11.7. The van der Waals surface area contributed by atoms with Gasteiger partial charge in [-0.2, -0.15) is 8.78 Å². The van der Waals surface area contributed by atoms with Gasteiger partial charge < -0.3 is 15.2 Å². The molecule has 6 heteroatoms. The first-order valence-corrected chi connectivity index (χ1v) is 7.04. The van der Waals surface area contributed by atoms with Gasteiger partial charge in [-0.3, -0.25) is 4.79 Å². The molecule has 0 unspecified atom stereocenters. The van der Waals surface area contributed by atoms with Crippen LogP contribution in [0.15, 0.2) is 24.3 Å². The summed E-state index contributed by atoms with van der Waals surface area (Å²) in [4.78, 5) is 10.3. The number of halogens is 2. The molecule has 0 aromatic heterocycles. The first-order valence-electron chi connectivity index (χ1n) is 7.04. The molecule has 2 N–H and O–H groups in total. The third-order valence-electron chi connectivity index (χ3n) is 2.97. The number of carbonyl (C=O) groups is 1. The van der Waals surface area contributed by atoms with Crippen molar-refractivity contribution in [2.24, 2.45) is 0 Å². The Morgan fingerprint density at radius 3 is 2.43 bits per heavy atom. The van der Waals surface area contributed by atoms with Crippen molar-refractivity contribution in [1.29, 1.82) is 0 Å². The molecule has 4 nitrogen and oxygen atoms in total. The zero-order valence-electron chi connectivity index (χ0n) is 11.9. The number of hydrogen-bond donors (Lipinski definition) is 2. The number of aliphatic carboxylic acids is 1. The van der Waals surface area contributed by atoms with Crippen molar-refractivity contribution in [2.45, 2.75) is 45.3 Å². The second-order valence-corrected chi connectivity index (χ2v) is 4.76. The molecule has 118 valence electrons. The van der Waals surface area contributed by atoms with Gasteiger partial charge in [-0.25, -0.2) is 0 Å². The van der Waals surface area contributed by atoms with E-state index in [9.17, 15) is 13.6 Å². The van der Waals surface area contributed by atoms with Crippen LogP contribution < -0.4 is 10.1 Å². The zero-order chi connectivity index (χ0) is 15.5. The van der Waals surface area contributed by atoms with Crippen molar-refractivity contribution in [1.82, 2.24) is 5.32 Å². The molecular weight excluding hydrogens is 280 g/mol. The van der Waals surface area contributed by atoms with E-state index in [1.165, 1.54) is 12.1 Å². The number of carboxylic acids is 1. The maximum atomic E-state index is 12.0. The van der Waals surface area contributed by atoms with E-state index in [2.05, 4.69) is 10.1 Å². The van der Waals surface area contributed by atoms with Crippen LogP contribution in [0.3, 0.4) is 0 Å². The number of carboxylic acid groups (broad SMARTS) is 1. The normalized spacial score (nSPS) is 10.8. The van der Waals surface area contributed by atoms with E-state index < -0.39 is 12.6 Å². The minimum atomic E-state index is -2.80. The monoisotopic (exact) mass is 301 g/mol. The van der Waals surface area contributed by atoms with E-state index in [-0.39, 0.29) is 12.2 Å². The fourth-order valence-corrected chi connectivity index (χ4v) is 1.90. The number of unbranched alkanes of at least 4 members (excludes halogenated alkanes) is 3. The Balaban J connectivity index is 2.06. The highest BCUT2D eigenvalue weighted by Crippen LogP contribution is 2.14. The van der Waals surface area contributed by atoms with Crippen LogP contribution in [0.4, 0.5) is 8.78 Å². The van der Waals surface area contributed by atoms with E-state index in [1.807, 2.05) is 0 Å². The summed E-state index contributed by atoms with van der Waals surface area (Å²) in [6.07, 6.45) is 3.88. The topological polar surface area (TPSA) is 58.6 Å². The summed E-state index contributed by atoms with van der Waals surface area (Å²) in [7, 11) is 0. The Bertz CT molecular complexity index is 410. The lowest BCUT2D eigenvalue weighted by atomic mass is 10.1. The van der Waals surface area contributed by atoms with Crippen LogP contribution in [-0.4, -0.2) is 24.2 Å². The molecule has 21 heavy (non-hydrogen) atoms. The van der Waals surface area contributed by atoms with Crippen LogP contribution in [0, 0.1) is 0 Å². The number of nitrogens with one attached hydrogen (secondary N) is 1. The summed E-state index contributed by atoms with van der Waals surface area (Å²) < 4.78 is 28.2. The molecule has 0 fully saturated rings. The van der Waals surface area contributed by atoms with Crippen LogP contribution in [0.25, 0.3) is 0 Å². The van der Waals surface area contributed by atoms with Crippen molar-refractivity contribution in [3.63, 3.8) is 0 Å². The molecule has 0 amide bonds. The number of rotatable bonds is 11. The number of benzene rings is 1. The third kappa shape index (κ3) is 8.96. The van der Waals surface area contributed by atoms with Crippen molar-refractivity contribution in [3.05, 3.63) is 29.8 Å². The Morgan fingerprint density at radius 1 is 1.14 bits per heavy atom. The lowest BCUT2D eigenvalue weighted by molar-refractivity contribution is -0.137. The molecule has 0 aliphatic carbocycles. The van der Waals surface area contributed by atoms with Gasteiger partial charge in [0.1, 0.15) is 5.75 Å². The smallest absolute Gasteiger partial charge is 0.387 e. The van der Waals surface area contributed by atoms with Crippen molar-refractivity contribution >= 4 is 5.97 Å². The number of ether oxygens (including phenoxy) is 1. The highest BCUT2D eigenvalue weighted by Gasteiger charge is 2.03. The second kappa shape index (κ2) is 10.1. The second-order valence-electron chi connectivity index (χ2n) is 4.76. The largest absolute Gasteiger partial charge is 0.481 e. The Hall–Kier alpha value is -1.69. The van der Waals surface area contributed by atoms with E-state index in [4.69, 9.17) is 5.11 Å². The van der Waals surface area contributed by atoms with Crippen LogP contribution >= 0.6 is 0 Å². The third-order valence-corrected chi connectivity index (χ3v) is 2.97. The lowest BCUT2D eigenvalue weighted by Gasteiger charge is -2.07.